The van der Waals surface area contributed by atoms with Crippen molar-refractivity contribution in [2.24, 2.45) is 0 Å². The second kappa shape index (κ2) is 9.87. The summed E-state index contributed by atoms with van der Waals surface area (Å²) in [6, 6.07) is 0. The number of carboxylic acid groups (broad SMARTS) is 1. The molecule has 0 aromatic rings. The van der Waals surface area contributed by atoms with E-state index >= 15 is 0 Å². The Balaban J connectivity index is 0. The normalized spacial score (nSPS) is 10.8. The predicted molar refractivity (Wildman–Crippen MR) is 57.8 cm³/mol. The van der Waals surface area contributed by atoms with Crippen molar-refractivity contribution in [3.05, 3.63) is 11.6 Å². The Morgan fingerprint density at radius 1 is 1.46 bits per heavy atom. The Kier molecular flexibility index (Phi) is 11.6. The molecule has 0 unspecified atom stereocenters. The van der Waals surface area contributed by atoms with Gasteiger partial charge in [-0.2, -0.15) is 0 Å². The summed E-state index contributed by atoms with van der Waals surface area (Å²) in [6.45, 7) is 2.11. The van der Waals surface area contributed by atoms with Crippen molar-refractivity contribution in [2.45, 2.75) is 32.6 Å². The number of allylic oxidation sites excluding steroid dienone is 1. The van der Waals surface area contributed by atoms with Gasteiger partial charge < -0.3 is 5.11 Å². The number of hydrogen-bond acceptors (Lipinski definition) is 1. The van der Waals surface area contributed by atoms with Crippen LogP contribution in [0.5, 0.6) is 0 Å². The molecule has 0 spiro atoms. The second-order valence-electron chi connectivity index (χ2n) is 2.66. The van der Waals surface area contributed by atoms with Gasteiger partial charge in [0.2, 0.25) is 0 Å². The van der Waals surface area contributed by atoms with Crippen molar-refractivity contribution in [3.63, 3.8) is 0 Å². The van der Waals surface area contributed by atoms with Crippen LogP contribution in [0.1, 0.15) is 32.6 Å². The van der Waals surface area contributed by atoms with Gasteiger partial charge in [0.05, 0.1) is 5.88 Å². The van der Waals surface area contributed by atoms with Crippen LogP contribution in [0.2, 0.25) is 0 Å². The van der Waals surface area contributed by atoms with Gasteiger partial charge in [-0.25, -0.2) is 4.79 Å². The minimum atomic E-state index is -0.901. The van der Waals surface area contributed by atoms with Crippen LogP contribution in [0.3, 0.4) is 0 Å². The van der Waals surface area contributed by atoms with E-state index in [1.807, 2.05) is 0 Å². The molecule has 0 aromatic carbocycles. The van der Waals surface area contributed by atoms with Gasteiger partial charge >= 0.3 is 5.97 Å². The zero-order valence-corrected chi connectivity index (χ0v) is 9.33. The Morgan fingerprint density at radius 2 is 2.08 bits per heavy atom. The zero-order valence-electron chi connectivity index (χ0n) is 7.75. The molecular weight excluding hydrogens is 211 g/mol. The quantitative estimate of drug-likeness (QED) is 0.429. The Bertz CT molecular complexity index is 167. The van der Waals surface area contributed by atoms with E-state index in [0.717, 1.165) is 25.7 Å². The first-order valence-electron chi connectivity index (χ1n) is 4.20. The maximum Gasteiger partial charge on any atom is 0.332 e. The van der Waals surface area contributed by atoms with Gasteiger partial charge in [0, 0.05) is 5.57 Å². The van der Waals surface area contributed by atoms with Crippen LogP contribution >= 0.6 is 24.0 Å². The molecular formula is C9H16Cl2O2. The van der Waals surface area contributed by atoms with Gasteiger partial charge in [0.1, 0.15) is 0 Å². The summed E-state index contributed by atoms with van der Waals surface area (Å²) in [5.74, 6) is -0.803. The van der Waals surface area contributed by atoms with Gasteiger partial charge in [0.15, 0.2) is 0 Å². The fraction of sp³-hybridized carbons (Fsp3) is 0.667. The van der Waals surface area contributed by atoms with E-state index in [1.165, 1.54) is 0 Å². The fourth-order valence-electron chi connectivity index (χ4n) is 0.870. The summed E-state index contributed by atoms with van der Waals surface area (Å²) >= 11 is 5.43. The molecule has 2 nitrogen and oxygen atoms in total. The van der Waals surface area contributed by atoms with Gasteiger partial charge in [-0.05, 0) is 12.8 Å². The summed E-state index contributed by atoms with van der Waals surface area (Å²) in [4.78, 5) is 10.4. The highest BCUT2D eigenvalue weighted by Gasteiger charge is 2.03. The Hall–Kier alpha value is -0.210. The lowest BCUT2D eigenvalue weighted by Gasteiger charge is -1.96. The number of hydrogen-bond donors (Lipinski definition) is 1. The highest BCUT2D eigenvalue weighted by Crippen LogP contribution is 2.05. The molecule has 13 heavy (non-hydrogen) atoms. The molecule has 0 bridgehead atoms. The summed E-state index contributed by atoms with van der Waals surface area (Å²) in [6.07, 6.45) is 5.88. The van der Waals surface area contributed by atoms with E-state index in [9.17, 15) is 4.79 Å². The van der Waals surface area contributed by atoms with Crippen LogP contribution in [0, 0.1) is 0 Å². The molecule has 0 rings (SSSR count). The average molecular weight is 227 g/mol. The smallest absolute Gasteiger partial charge is 0.332 e. The standard InChI is InChI=1S/C9H15ClO2.ClH/c1-2-3-4-5-6-8(7-10)9(11)12;/h6H,2-5,7H2,1H3,(H,11,12);1H. The fourth-order valence-corrected chi connectivity index (χ4v) is 1.09. The largest absolute Gasteiger partial charge is 0.478 e. The van der Waals surface area contributed by atoms with Crippen molar-refractivity contribution in [3.8, 4) is 0 Å². The minimum Gasteiger partial charge on any atom is -0.478 e. The maximum absolute atomic E-state index is 10.4. The molecule has 0 aromatic heterocycles. The summed E-state index contributed by atoms with van der Waals surface area (Å²) in [5, 5.41) is 8.58. The van der Waals surface area contributed by atoms with E-state index in [0.29, 0.717) is 5.57 Å². The Morgan fingerprint density at radius 3 is 2.46 bits per heavy atom. The molecule has 0 aliphatic heterocycles. The van der Waals surface area contributed by atoms with E-state index < -0.39 is 5.97 Å². The SMILES string of the molecule is CCCCCC=C(CCl)C(=O)O.Cl. The lowest BCUT2D eigenvalue weighted by Crippen LogP contribution is -2.01. The zero-order chi connectivity index (χ0) is 9.40. The molecule has 0 heterocycles. The first-order valence-corrected chi connectivity index (χ1v) is 4.74. The topological polar surface area (TPSA) is 37.3 Å². The molecule has 0 fully saturated rings. The maximum atomic E-state index is 10.4. The van der Waals surface area contributed by atoms with Crippen LogP contribution in [-0.2, 0) is 4.79 Å². The number of unbranched alkanes of at least 4 members (excludes halogenated alkanes) is 3. The first-order chi connectivity index (χ1) is 5.72. The van der Waals surface area contributed by atoms with Crippen LogP contribution in [0.15, 0.2) is 11.6 Å². The molecule has 1 N–H and O–H groups in total. The van der Waals surface area contributed by atoms with Gasteiger partial charge in [-0.1, -0.05) is 25.8 Å². The third-order valence-electron chi connectivity index (χ3n) is 1.62. The monoisotopic (exact) mass is 226 g/mol. The number of carbonyl (C=O) groups is 1. The lowest BCUT2D eigenvalue weighted by molar-refractivity contribution is -0.132. The van der Waals surface area contributed by atoms with Gasteiger partial charge in [-0.3, -0.25) is 0 Å². The van der Waals surface area contributed by atoms with Crippen molar-refractivity contribution in [1.82, 2.24) is 0 Å². The second-order valence-corrected chi connectivity index (χ2v) is 2.93. The molecule has 0 aliphatic carbocycles. The highest BCUT2D eigenvalue weighted by atomic mass is 35.5. The summed E-state index contributed by atoms with van der Waals surface area (Å²) in [7, 11) is 0. The number of aliphatic carboxylic acids is 1. The molecule has 0 aliphatic rings. The molecule has 0 saturated heterocycles. The van der Waals surface area contributed by atoms with Crippen LogP contribution in [0.25, 0.3) is 0 Å². The number of halogens is 2. The molecule has 0 saturated carbocycles. The third-order valence-corrected chi connectivity index (χ3v) is 1.91. The van der Waals surface area contributed by atoms with Crippen molar-refractivity contribution in [1.29, 1.82) is 0 Å². The van der Waals surface area contributed by atoms with Crippen molar-refractivity contribution in [2.75, 3.05) is 5.88 Å². The summed E-state index contributed by atoms with van der Waals surface area (Å²) < 4.78 is 0. The number of alkyl halides is 1. The van der Waals surface area contributed by atoms with E-state index in [-0.39, 0.29) is 18.3 Å². The third kappa shape index (κ3) is 8.13. The van der Waals surface area contributed by atoms with Crippen LogP contribution in [0.4, 0.5) is 0 Å². The average Bonchev–Trinajstić information content (AvgIpc) is 2.04. The lowest BCUT2D eigenvalue weighted by atomic mass is 10.1. The molecule has 0 atom stereocenters. The van der Waals surface area contributed by atoms with Crippen LogP contribution < -0.4 is 0 Å². The van der Waals surface area contributed by atoms with Crippen LogP contribution in [-0.4, -0.2) is 17.0 Å². The van der Waals surface area contributed by atoms with Crippen molar-refractivity contribution >= 4 is 30.0 Å². The van der Waals surface area contributed by atoms with Gasteiger partial charge in [-0.15, -0.1) is 24.0 Å². The summed E-state index contributed by atoms with van der Waals surface area (Å²) in [5.41, 5.74) is 0.313. The number of carboxylic acids is 1. The molecule has 78 valence electrons. The highest BCUT2D eigenvalue weighted by molar-refractivity contribution is 6.22. The van der Waals surface area contributed by atoms with Gasteiger partial charge in [0.25, 0.3) is 0 Å². The predicted octanol–water partition coefficient (Wildman–Crippen LogP) is 3.24. The first kappa shape index (κ1) is 15.3. The van der Waals surface area contributed by atoms with E-state index in [1.54, 1.807) is 6.08 Å². The van der Waals surface area contributed by atoms with E-state index in [2.05, 4.69) is 6.92 Å². The Labute approximate surface area is 90.4 Å². The molecule has 0 amide bonds. The van der Waals surface area contributed by atoms with Crippen molar-refractivity contribution < 1.29 is 9.90 Å². The number of rotatable bonds is 6. The van der Waals surface area contributed by atoms with E-state index in [4.69, 9.17) is 16.7 Å². The molecule has 0 radical (unpaired) electrons. The molecule has 4 heteroatoms. The minimum absolute atomic E-state index is 0.